The lowest BCUT2D eigenvalue weighted by atomic mass is 10.0. The van der Waals surface area contributed by atoms with Crippen molar-refractivity contribution in [1.82, 2.24) is 4.57 Å². The highest BCUT2D eigenvalue weighted by atomic mass is 16.3. The third-order valence-corrected chi connectivity index (χ3v) is 8.34. The average molecular weight is 591 g/mol. The minimum Gasteiger partial charge on any atom is -0.454 e. The first-order valence-corrected chi connectivity index (χ1v) is 15.0. The predicted molar refractivity (Wildman–Crippen MR) is 188 cm³/mol. The highest BCUT2D eigenvalue weighted by Crippen LogP contribution is 2.40. The van der Waals surface area contributed by atoms with E-state index in [9.17, 15) is 5.26 Å². The monoisotopic (exact) mass is 590 g/mol. The summed E-state index contributed by atoms with van der Waals surface area (Å²) in [5, 5.41) is 22.7. The molecular formula is C41H26N4O. The van der Waals surface area contributed by atoms with Crippen LogP contribution in [0.4, 0.5) is 0 Å². The highest BCUT2D eigenvalue weighted by Gasteiger charge is 2.18. The van der Waals surface area contributed by atoms with E-state index in [1.165, 1.54) is 5.39 Å². The molecule has 6 aromatic carbocycles. The summed E-state index contributed by atoms with van der Waals surface area (Å²) in [6.45, 7) is 0. The van der Waals surface area contributed by atoms with Gasteiger partial charge >= 0.3 is 0 Å². The SMILES string of the molecule is N#Cc1cccc(C(=C/C(=N)c2ccccc2)/N=C/c2ccc(-n3c4ccccc4c4ccc5c6ccccc6oc5c43)cc2)c1. The van der Waals surface area contributed by atoms with Gasteiger partial charge in [0.2, 0.25) is 0 Å². The van der Waals surface area contributed by atoms with Crippen molar-refractivity contribution in [3.63, 3.8) is 0 Å². The molecule has 0 fully saturated rings. The zero-order chi connectivity index (χ0) is 31.0. The number of nitrogens with zero attached hydrogens (tertiary/aromatic N) is 3. The zero-order valence-corrected chi connectivity index (χ0v) is 24.7. The Morgan fingerprint density at radius 1 is 0.696 bits per heavy atom. The summed E-state index contributed by atoms with van der Waals surface area (Å²) < 4.78 is 8.76. The van der Waals surface area contributed by atoms with Crippen molar-refractivity contribution in [3.05, 3.63) is 168 Å². The quantitative estimate of drug-likeness (QED) is 0.196. The van der Waals surface area contributed by atoms with Gasteiger partial charge in [0, 0.05) is 39.0 Å². The van der Waals surface area contributed by atoms with Crippen molar-refractivity contribution in [2.75, 3.05) is 0 Å². The van der Waals surface area contributed by atoms with E-state index in [0.717, 1.165) is 60.7 Å². The maximum absolute atomic E-state index is 9.49. The van der Waals surface area contributed by atoms with Crippen LogP contribution >= 0.6 is 0 Å². The molecule has 0 unspecified atom stereocenters. The number of benzene rings is 6. The molecule has 46 heavy (non-hydrogen) atoms. The molecule has 216 valence electrons. The van der Waals surface area contributed by atoms with Gasteiger partial charge in [0.15, 0.2) is 5.58 Å². The first kappa shape index (κ1) is 27.1. The van der Waals surface area contributed by atoms with E-state index in [2.05, 4.69) is 65.2 Å². The molecule has 0 aliphatic heterocycles. The molecule has 0 aliphatic rings. The van der Waals surface area contributed by atoms with Gasteiger partial charge in [0.25, 0.3) is 0 Å². The summed E-state index contributed by atoms with van der Waals surface area (Å²) in [4.78, 5) is 4.83. The van der Waals surface area contributed by atoms with E-state index in [0.29, 0.717) is 17.0 Å². The lowest BCUT2D eigenvalue weighted by Crippen LogP contribution is -1.97. The van der Waals surface area contributed by atoms with Gasteiger partial charge in [-0.15, -0.1) is 0 Å². The molecule has 0 spiro atoms. The fourth-order valence-corrected chi connectivity index (χ4v) is 6.13. The fraction of sp³-hybridized carbons (Fsp3) is 0. The van der Waals surface area contributed by atoms with Crippen molar-refractivity contribution < 1.29 is 4.42 Å². The lowest BCUT2D eigenvalue weighted by molar-refractivity contribution is 0.671. The Labute approximate surface area is 265 Å². The van der Waals surface area contributed by atoms with Crippen LogP contribution in [-0.4, -0.2) is 16.5 Å². The number of nitriles is 1. The first-order valence-electron chi connectivity index (χ1n) is 15.0. The second kappa shape index (κ2) is 11.2. The van der Waals surface area contributed by atoms with Crippen molar-refractivity contribution in [1.29, 1.82) is 10.7 Å². The molecule has 2 heterocycles. The number of rotatable bonds is 6. The number of aromatic nitrogens is 1. The van der Waals surface area contributed by atoms with Crippen LogP contribution in [-0.2, 0) is 0 Å². The van der Waals surface area contributed by atoms with Crippen molar-refractivity contribution in [3.8, 4) is 11.8 Å². The molecule has 0 bridgehead atoms. The molecule has 0 saturated heterocycles. The number of aliphatic imine (C=N–C) groups is 1. The van der Waals surface area contributed by atoms with E-state index >= 15 is 0 Å². The van der Waals surface area contributed by atoms with Gasteiger partial charge in [-0.05, 0) is 59.7 Å². The molecule has 0 radical (unpaired) electrons. The van der Waals surface area contributed by atoms with E-state index in [1.54, 1.807) is 24.4 Å². The summed E-state index contributed by atoms with van der Waals surface area (Å²) in [5.41, 5.74) is 8.86. The number of hydrogen-bond acceptors (Lipinski definition) is 4. The maximum atomic E-state index is 9.49. The molecule has 5 heteroatoms. The molecular weight excluding hydrogens is 564 g/mol. The van der Waals surface area contributed by atoms with Gasteiger partial charge in [-0.25, -0.2) is 0 Å². The van der Waals surface area contributed by atoms with Gasteiger partial charge in [-0.3, -0.25) is 4.99 Å². The van der Waals surface area contributed by atoms with Crippen LogP contribution in [0.5, 0.6) is 0 Å². The number of nitrogens with one attached hydrogen (secondary N) is 1. The van der Waals surface area contributed by atoms with Crippen LogP contribution in [0.25, 0.3) is 55.1 Å². The largest absolute Gasteiger partial charge is 0.454 e. The van der Waals surface area contributed by atoms with E-state index in [1.807, 2.05) is 72.8 Å². The molecule has 8 aromatic rings. The number of allylic oxidation sites excluding steroid dienone is 1. The van der Waals surface area contributed by atoms with Crippen LogP contribution in [0.3, 0.4) is 0 Å². The smallest absolute Gasteiger partial charge is 0.160 e. The predicted octanol–water partition coefficient (Wildman–Crippen LogP) is 10.1. The van der Waals surface area contributed by atoms with Crippen LogP contribution < -0.4 is 0 Å². The Hall–Kier alpha value is -6.51. The van der Waals surface area contributed by atoms with E-state index in [-0.39, 0.29) is 0 Å². The summed E-state index contributed by atoms with van der Waals surface area (Å²) in [5.74, 6) is 0. The molecule has 0 saturated carbocycles. The molecule has 0 atom stereocenters. The second-order valence-corrected chi connectivity index (χ2v) is 11.1. The maximum Gasteiger partial charge on any atom is 0.160 e. The average Bonchev–Trinajstić information content (AvgIpc) is 3.67. The Bertz CT molecular complexity index is 2540. The fourth-order valence-electron chi connectivity index (χ4n) is 6.13. The Morgan fingerprint density at radius 2 is 1.41 bits per heavy atom. The molecule has 0 aliphatic carbocycles. The van der Waals surface area contributed by atoms with Crippen LogP contribution in [0.2, 0.25) is 0 Å². The first-order chi connectivity index (χ1) is 22.7. The Morgan fingerprint density at radius 3 is 2.24 bits per heavy atom. The number of furan rings is 1. The van der Waals surface area contributed by atoms with Crippen LogP contribution in [0, 0.1) is 16.7 Å². The number of hydrogen-bond donors (Lipinski definition) is 1. The minimum atomic E-state index is 0.341. The van der Waals surface area contributed by atoms with E-state index < -0.39 is 0 Å². The Balaban J connectivity index is 1.22. The summed E-state index contributed by atoms with van der Waals surface area (Å²) in [6.07, 6.45) is 3.55. The molecule has 1 N–H and O–H groups in total. The second-order valence-electron chi connectivity index (χ2n) is 11.1. The van der Waals surface area contributed by atoms with Gasteiger partial charge in [0.1, 0.15) is 5.58 Å². The topological polar surface area (TPSA) is 78.1 Å². The summed E-state index contributed by atoms with van der Waals surface area (Å²) in [6, 6.07) is 48.3. The van der Waals surface area contributed by atoms with Gasteiger partial charge in [-0.2, -0.15) is 5.26 Å². The number of para-hydroxylation sites is 2. The van der Waals surface area contributed by atoms with Gasteiger partial charge in [0.05, 0.1) is 34.1 Å². The van der Waals surface area contributed by atoms with E-state index in [4.69, 9.17) is 14.8 Å². The van der Waals surface area contributed by atoms with Crippen molar-refractivity contribution in [2.45, 2.75) is 0 Å². The zero-order valence-electron chi connectivity index (χ0n) is 24.7. The normalized spacial score (nSPS) is 12.0. The van der Waals surface area contributed by atoms with Crippen molar-refractivity contribution in [2.24, 2.45) is 4.99 Å². The minimum absolute atomic E-state index is 0.341. The summed E-state index contributed by atoms with van der Waals surface area (Å²) in [7, 11) is 0. The highest BCUT2D eigenvalue weighted by molar-refractivity contribution is 6.21. The molecule has 0 amide bonds. The number of fused-ring (bicyclic) bond motifs is 7. The third kappa shape index (κ3) is 4.66. The molecule has 5 nitrogen and oxygen atoms in total. The standard InChI is InChI=1S/C41H26N4O/c42-25-28-9-8-12-30(23-28)37(24-36(43)29-10-2-1-3-11-29)44-26-27-17-19-31(20-18-27)45-38-15-6-4-13-32(38)34-21-22-35-33-14-5-7-16-39(33)46-41(35)40(34)45/h1-24,26,43H/b37-24-,43-36?,44-26+. The van der Waals surface area contributed by atoms with Gasteiger partial charge < -0.3 is 14.4 Å². The summed E-state index contributed by atoms with van der Waals surface area (Å²) >= 11 is 0. The van der Waals surface area contributed by atoms with Crippen LogP contribution in [0.1, 0.15) is 22.3 Å². The molecule has 8 rings (SSSR count). The third-order valence-electron chi connectivity index (χ3n) is 8.34. The van der Waals surface area contributed by atoms with Crippen LogP contribution in [0.15, 0.2) is 155 Å². The molecule has 2 aromatic heterocycles. The lowest BCUT2D eigenvalue weighted by Gasteiger charge is -2.09. The van der Waals surface area contributed by atoms with Gasteiger partial charge in [-0.1, -0.05) is 97.1 Å². The Kier molecular flexibility index (Phi) is 6.59. The van der Waals surface area contributed by atoms with Crippen molar-refractivity contribution >= 4 is 61.4 Å².